The average Bonchev–Trinajstić information content (AvgIpc) is 2.14. The van der Waals surface area contributed by atoms with E-state index in [1.54, 1.807) is 0 Å². The van der Waals surface area contributed by atoms with Gasteiger partial charge in [-0.1, -0.05) is 28.1 Å². The van der Waals surface area contributed by atoms with Gasteiger partial charge in [-0.05, 0) is 13.0 Å². The van der Waals surface area contributed by atoms with E-state index in [4.69, 9.17) is 0 Å². The lowest BCUT2D eigenvalue weighted by Gasteiger charge is -2.14. The lowest BCUT2D eigenvalue weighted by atomic mass is 10.0. The van der Waals surface area contributed by atoms with Crippen LogP contribution in [0.25, 0.3) is 0 Å². The fourth-order valence-electron chi connectivity index (χ4n) is 1.26. The first-order valence-corrected chi connectivity index (χ1v) is 5.24. The molecule has 0 aliphatic heterocycles. The quantitative estimate of drug-likeness (QED) is 0.671. The van der Waals surface area contributed by atoms with E-state index in [2.05, 4.69) is 15.9 Å². The predicted octanol–water partition coefficient (Wildman–Crippen LogP) is 3.38. The van der Waals surface area contributed by atoms with Crippen LogP contribution in [0.4, 0.5) is 13.2 Å². The van der Waals surface area contributed by atoms with Crippen molar-refractivity contribution in [2.45, 2.75) is 17.9 Å². The zero-order valence-corrected chi connectivity index (χ0v) is 9.76. The van der Waals surface area contributed by atoms with E-state index in [0.29, 0.717) is 0 Å². The number of phenols is 1. The highest BCUT2D eigenvalue weighted by atomic mass is 79.9. The topological polar surface area (TPSA) is 37.3 Å². The van der Waals surface area contributed by atoms with E-state index < -0.39 is 33.7 Å². The molecule has 0 aliphatic rings. The smallest absolute Gasteiger partial charge is 0.420 e. The first-order chi connectivity index (χ1) is 7.25. The van der Waals surface area contributed by atoms with E-state index in [1.165, 1.54) is 13.0 Å². The van der Waals surface area contributed by atoms with Crippen LogP contribution in [0.2, 0.25) is 0 Å². The van der Waals surface area contributed by atoms with Gasteiger partial charge in [0.15, 0.2) is 5.78 Å². The molecule has 0 fully saturated rings. The third-order valence-corrected chi connectivity index (χ3v) is 2.37. The number of aromatic hydroxyl groups is 1. The van der Waals surface area contributed by atoms with Crippen molar-refractivity contribution in [3.8, 4) is 5.75 Å². The Bertz CT molecular complexity index is 413. The predicted molar refractivity (Wildman–Crippen MR) is 55.8 cm³/mol. The van der Waals surface area contributed by atoms with Gasteiger partial charge in [-0.15, -0.1) is 0 Å². The van der Waals surface area contributed by atoms with Crippen LogP contribution in [0.1, 0.15) is 22.8 Å². The SMILES string of the molecule is CC(Br)C(=O)c1cccc(O)c1C(F)(F)F. The maximum Gasteiger partial charge on any atom is 0.420 e. The summed E-state index contributed by atoms with van der Waals surface area (Å²) in [5.41, 5.74) is -1.82. The third-order valence-electron chi connectivity index (χ3n) is 1.95. The van der Waals surface area contributed by atoms with Gasteiger partial charge >= 0.3 is 6.18 Å². The molecule has 1 N–H and O–H groups in total. The third kappa shape index (κ3) is 2.55. The summed E-state index contributed by atoms with van der Waals surface area (Å²) < 4.78 is 37.8. The molecule has 1 aromatic carbocycles. The largest absolute Gasteiger partial charge is 0.507 e. The van der Waals surface area contributed by atoms with Crippen molar-refractivity contribution in [3.63, 3.8) is 0 Å². The highest BCUT2D eigenvalue weighted by Crippen LogP contribution is 2.38. The second-order valence-electron chi connectivity index (χ2n) is 3.18. The number of ketones is 1. The van der Waals surface area contributed by atoms with Crippen molar-refractivity contribution >= 4 is 21.7 Å². The molecule has 88 valence electrons. The fraction of sp³-hybridized carbons (Fsp3) is 0.300. The molecule has 1 atom stereocenters. The highest BCUT2D eigenvalue weighted by molar-refractivity contribution is 9.10. The molecular formula is C10H8BrF3O2. The molecule has 0 saturated heterocycles. The van der Waals surface area contributed by atoms with Gasteiger partial charge in [0.05, 0.1) is 4.83 Å². The van der Waals surface area contributed by atoms with Crippen molar-refractivity contribution in [1.29, 1.82) is 0 Å². The molecule has 0 aromatic heterocycles. The molecular weight excluding hydrogens is 289 g/mol. The maximum absolute atomic E-state index is 12.6. The summed E-state index contributed by atoms with van der Waals surface area (Å²) in [6, 6.07) is 3.15. The van der Waals surface area contributed by atoms with E-state index >= 15 is 0 Å². The number of halogens is 4. The summed E-state index contributed by atoms with van der Waals surface area (Å²) in [5.74, 6) is -1.66. The van der Waals surface area contributed by atoms with Gasteiger partial charge in [-0.25, -0.2) is 0 Å². The summed E-state index contributed by atoms with van der Waals surface area (Å²) in [6.07, 6.45) is -4.75. The highest BCUT2D eigenvalue weighted by Gasteiger charge is 2.38. The molecule has 0 saturated carbocycles. The Morgan fingerprint density at radius 1 is 1.44 bits per heavy atom. The van der Waals surface area contributed by atoms with E-state index in [1.807, 2.05) is 0 Å². The number of rotatable bonds is 2. The Hall–Kier alpha value is -1.04. The minimum Gasteiger partial charge on any atom is -0.507 e. The van der Waals surface area contributed by atoms with Gasteiger partial charge < -0.3 is 5.11 Å². The summed E-state index contributed by atoms with van der Waals surface area (Å²) in [7, 11) is 0. The van der Waals surface area contributed by atoms with Crippen LogP contribution >= 0.6 is 15.9 Å². The minimum atomic E-state index is -4.75. The number of hydrogen-bond acceptors (Lipinski definition) is 2. The van der Waals surface area contributed by atoms with Crippen molar-refractivity contribution in [2.24, 2.45) is 0 Å². The zero-order valence-electron chi connectivity index (χ0n) is 8.18. The van der Waals surface area contributed by atoms with E-state index in [-0.39, 0.29) is 0 Å². The Balaban J connectivity index is 3.41. The van der Waals surface area contributed by atoms with Crippen molar-refractivity contribution in [3.05, 3.63) is 29.3 Å². The zero-order chi connectivity index (χ0) is 12.5. The monoisotopic (exact) mass is 296 g/mol. The molecule has 16 heavy (non-hydrogen) atoms. The van der Waals surface area contributed by atoms with Gasteiger partial charge in [0, 0.05) is 5.56 Å². The summed E-state index contributed by atoms with van der Waals surface area (Å²) in [6.45, 7) is 1.42. The average molecular weight is 297 g/mol. The molecule has 2 nitrogen and oxygen atoms in total. The van der Waals surface area contributed by atoms with Crippen molar-refractivity contribution in [1.82, 2.24) is 0 Å². The molecule has 6 heteroatoms. The van der Waals surface area contributed by atoms with Crippen LogP contribution in [0.5, 0.6) is 5.75 Å². The minimum absolute atomic E-state index is 0.531. The van der Waals surface area contributed by atoms with Crippen LogP contribution < -0.4 is 0 Å². The number of phenolic OH excluding ortho intramolecular Hbond substituents is 1. The second kappa shape index (κ2) is 4.45. The van der Waals surface area contributed by atoms with Gasteiger partial charge in [-0.2, -0.15) is 13.2 Å². The van der Waals surface area contributed by atoms with Gasteiger partial charge in [0.25, 0.3) is 0 Å². The molecule has 0 heterocycles. The first kappa shape index (κ1) is 13.0. The second-order valence-corrected chi connectivity index (χ2v) is 4.55. The molecule has 1 unspecified atom stereocenters. The molecule has 0 amide bonds. The van der Waals surface area contributed by atoms with Crippen molar-refractivity contribution < 1.29 is 23.1 Å². The lowest BCUT2D eigenvalue weighted by Crippen LogP contribution is -2.17. The number of hydrogen-bond donors (Lipinski definition) is 1. The number of alkyl halides is 4. The summed E-state index contributed by atoms with van der Waals surface area (Å²) in [5, 5.41) is 9.17. The first-order valence-electron chi connectivity index (χ1n) is 4.32. The number of benzene rings is 1. The number of Topliss-reactive ketones (excluding diaryl/α,β-unsaturated/α-hetero) is 1. The summed E-state index contributed by atoms with van der Waals surface area (Å²) >= 11 is 2.90. The molecule has 0 aliphatic carbocycles. The van der Waals surface area contributed by atoms with Gasteiger partial charge in [0.1, 0.15) is 11.3 Å². The van der Waals surface area contributed by atoms with Crippen LogP contribution in [0.3, 0.4) is 0 Å². The summed E-state index contributed by atoms with van der Waals surface area (Å²) in [4.78, 5) is 10.8. The van der Waals surface area contributed by atoms with E-state index in [0.717, 1.165) is 12.1 Å². The van der Waals surface area contributed by atoms with Crippen molar-refractivity contribution in [2.75, 3.05) is 0 Å². The van der Waals surface area contributed by atoms with E-state index in [9.17, 15) is 23.1 Å². The lowest BCUT2D eigenvalue weighted by molar-refractivity contribution is -0.139. The van der Waals surface area contributed by atoms with Crippen LogP contribution in [-0.4, -0.2) is 15.7 Å². The Labute approximate surface area is 98.2 Å². The van der Waals surface area contributed by atoms with Crippen LogP contribution in [0, 0.1) is 0 Å². The number of carbonyl (C=O) groups is 1. The normalized spacial score (nSPS) is 13.6. The molecule has 0 spiro atoms. The standard InChI is InChI=1S/C10H8BrF3O2/c1-5(11)9(16)6-3-2-4-7(15)8(6)10(12,13)14/h2-5,15H,1H3. The number of carbonyl (C=O) groups excluding carboxylic acids is 1. The van der Waals surface area contributed by atoms with Gasteiger partial charge in [-0.3, -0.25) is 4.79 Å². The molecule has 0 bridgehead atoms. The Morgan fingerprint density at radius 2 is 2.00 bits per heavy atom. The fourth-order valence-corrected chi connectivity index (χ4v) is 1.50. The van der Waals surface area contributed by atoms with Crippen LogP contribution in [-0.2, 0) is 6.18 Å². The van der Waals surface area contributed by atoms with Gasteiger partial charge in [0.2, 0.25) is 0 Å². The Morgan fingerprint density at radius 3 is 2.44 bits per heavy atom. The molecule has 1 rings (SSSR count). The molecule has 1 aromatic rings. The maximum atomic E-state index is 12.6. The molecule has 0 radical (unpaired) electrons. The van der Waals surface area contributed by atoms with Crippen LogP contribution in [0.15, 0.2) is 18.2 Å². The Kier molecular flexibility index (Phi) is 3.62.